The number of likely N-dealkylation sites (tertiary alicyclic amines) is 1. The van der Waals surface area contributed by atoms with Gasteiger partial charge in [-0.2, -0.15) is 0 Å². The van der Waals surface area contributed by atoms with E-state index >= 15 is 0 Å². The van der Waals surface area contributed by atoms with Gasteiger partial charge in [-0.15, -0.1) is 0 Å². The number of aliphatic hydroxyl groups is 1. The van der Waals surface area contributed by atoms with E-state index in [2.05, 4.69) is 17.1 Å². The molecule has 0 spiro atoms. The number of aliphatic hydroxyl groups excluding tert-OH is 1. The van der Waals surface area contributed by atoms with Gasteiger partial charge in [0.05, 0.1) is 18.2 Å². The van der Waals surface area contributed by atoms with Gasteiger partial charge in [-0.1, -0.05) is 6.92 Å². The van der Waals surface area contributed by atoms with Gasteiger partial charge in [-0.3, -0.25) is 4.90 Å². The van der Waals surface area contributed by atoms with Crippen LogP contribution in [-0.4, -0.2) is 61.5 Å². The summed E-state index contributed by atoms with van der Waals surface area (Å²) in [5.74, 6) is 0.658. The molecule has 0 radical (unpaired) electrons. The predicted octanol–water partition coefficient (Wildman–Crippen LogP) is 0.848. The highest BCUT2D eigenvalue weighted by Crippen LogP contribution is 2.40. The number of nitrogens with one attached hydrogen (secondary N) is 1. The molecule has 4 nitrogen and oxygen atoms in total. The average molecular weight is 256 g/mol. The summed E-state index contributed by atoms with van der Waals surface area (Å²) in [6.07, 6.45) is 5.26. The third-order valence-corrected chi connectivity index (χ3v) is 4.47. The summed E-state index contributed by atoms with van der Waals surface area (Å²) >= 11 is 0. The molecule has 1 saturated carbocycles. The minimum absolute atomic E-state index is 0.0790. The van der Waals surface area contributed by atoms with Crippen molar-refractivity contribution in [2.75, 3.05) is 39.9 Å². The van der Waals surface area contributed by atoms with E-state index in [4.69, 9.17) is 4.74 Å². The van der Waals surface area contributed by atoms with Gasteiger partial charge >= 0.3 is 0 Å². The number of hydrogen-bond donors (Lipinski definition) is 2. The van der Waals surface area contributed by atoms with Gasteiger partial charge < -0.3 is 15.2 Å². The first-order chi connectivity index (χ1) is 8.74. The fourth-order valence-corrected chi connectivity index (χ4v) is 3.30. The van der Waals surface area contributed by atoms with E-state index in [9.17, 15) is 5.11 Å². The second-order valence-corrected chi connectivity index (χ2v) is 5.85. The van der Waals surface area contributed by atoms with Crippen molar-refractivity contribution < 1.29 is 9.84 Å². The standard InChI is InChI=1S/C14H28N2O2/c1-3-15-14(11-17,12-6-7-12)10-16-8-4-5-13(9-16)18-2/h12-13,15,17H,3-11H2,1-2H3. The summed E-state index contributed by atoms with van der Waals surface area (Å²) in [6.45, 7) is 6.41. The smallest absolute Gasteiger partial charge is 0.0698 e. The van der Waals surface area contributed by atoms with Gasteiger partial charge in [0.2, 0.25) is 0 Å². The molecule has 0 aromatic carbocycles. The molecule has 106 valence electrons. The van der Waals surface area contributed by atoms with Crippen molar-refractivity contribution in [3.8, 4) is 0 Å². The van der Waals surface area contributed by atoms with Crippen LogP contribution >= 0.6 is 0 Å². The van der Waals surface area contributed by atoms with Gasteiger partial charge in [0.15, 0.2) is 0 Å². The highest BCUT2D eigenvalue weighted by Gasteiger charge is 2.45. The van der Waals surface area contributed by atoms with E-state index < -0.39 is 0 Å². The number of ether oxygens (including phenoxy) is 1. The molecule has 2 fully saturated rings. The first kappa shape index (κ1) is 14.3. The minimum Gasteiger partial charge on any atom is -0.394 e. The molecule has 2 unspecified atom stereocenters. The number of nitrogens with zero attached hydrogens (tertiary/aromatic N) is 1. The van der Waals surface area contributed by atoms with Gasteiger partial charge in [0, 0.05) is 20.2 Å². The Kier molecular flexibility index (Phi) is 5.01. The Hall–Kier alpha value is -0.160. The lowest BCUT2D eigenvalue weighted by Crippen LogP contribution is -2.59. The number of likely N-dealkylation sites (N-methyl/N-ethyl adjacent to an activating group) is 1. The van der Waals surface area contributed by atoms with Crippen LogP contribution in [0.1, 0.15) is 32.6 Å². The molecule has 18 heavy (non-hydrogen) atoms. The lowest BCUT2D eigenvalue weighted by molar-refractivity contribution is 0.00892. The van der Waals surface area contributed by atoms with Crippen molar-refractivity contribution in [1.82, 2.24) is 10.2 Å². The summed E-state index contributed by atoms with van der Waals surface area (Å²) in [5.41, 5.74) is -0.0790. The molecule has 2 rings (SSSR count). The van der Waals surface area contributed by atoms with E-state index in [0.29, 0.717) is 12.0 Å². The van der Waals surface area contributed by atoms with Crippen LogP contribution in [0, 0.1) is 5.92 Å². The monoisotopic (exact) mass is 256 g/mol. The van der Waals surface area contributed by atoms with Crippen molar-refractivity contribution >= 4 is 0 Å². The van der Waals surface area contributed by atoms with E-state index in [-0.39, 0.29) is 12.1 Å². The summed E-state index contributed by atoms with van der Waals surface area (Å²) in [4.78, 5) is 2.47. The molecule has 0 amide bonds. The highest BCUT2D eigenvalue weighted by molar-refractivity contribution is 5.03. The summed E-state index contributed by atoms with van der Waals surface area (Å²) < 4.78 is 5.48. The molecule has 2 aliphatic rings. The molecule has 2 atom stereocenters. The molecular weight excluding hydrogens is 228 g/mol. The number of piperidine rings is 1. The van der Waals surface area contributed by atoms with Crippen LogP contribution in [0.15, 0.2) is 0 Å². The summed E-state index contributed by atoms with van der Waals surface area (Å²) in [6, 6.07) is 0. The zero-order valence-corrected chi connectivity index (χ0v) is 11.8. The largest absolute Gasteiger partial charge is 0.394 e. The fraction of sp³-hybridized carbons (Fsp3) is 1.00. The molecule has 4 heteroatoms. The highest BCUT2D eigenvalue weighted by atomic mass is 16.5. The van der Waals surface area contributed by atoms with Crippen LogP contribution in [0.2, 0.25) is 0 Å². The van der Waals surface area contributed by atoms with Gasteiger partial charge in [-0.25, -0.2) is 0 Å². The molecule has 1 aliphatic carbocycles. The Bertz CT molecular complexity index is 258. The number of hydrogen-bond acceptors (Lipinski definition) is 4. The Morgan fingerprint density at radius 1 is 1.39 bits per heavy atom. The Morgan fingerprint density at radius 2 is 2.17 bits per heavy atom. The van der Waals surface area contributed by atoms with Crippen LogP contribution in [0.5, 0.6) is 0 Å². The van der Waals surface area contributed by atoms with Crippen molar-refractivity contribution in [2.24, 2.45) is 5.92 Å². The quantitative estimate of drug-likeness (QED) is 0.709. The van der Waals surface area contributed by atoms with Gasteiger partial charge in [0.1, 0.15) is 0 Å². The maximum atomic E-state index is 9.85. The molecule has 2 N–H and O–H groups in total. The summed E-state index contributed by atoms with van der Waals surface area (Å²) in [7, 11) is 1.80. The van der Waals surface area contributed by atoms with Crippen LogP contribution in [-0.2, 0) is 4.74 Å². The van der Waals surface area contributed by atoms with E-state index in [1.807, 2.05) is 0 Å². The molecule has 1 saturated heterocycles. The first-order valence-corrected chi connectivity index (χ1v) is 7.35. The Morgan fingerprint density at radius 3 is 2.72 bits per heavy atom. The van der Waals surface area contributed by atoms with E-state index in [1.165, 1.54) is 25.7 Å². The van der Waals surface area contributed by atoms with Crippen LogP contribution in [0.3, 0.4) is 0 Å². The van der Waals surface area contributed by atoms with Crippen molar-refractivity contribution in [1.29, 1.82) is 0 Å². The Labute approximate surface area is 111 Å². The Balaban J connectivity index is 1.95. The lowest BCUT2D eigenvalue weighted by Gasteiger charge is -2.41. The fourth-order valence-electron chi connectivity index (χ4n) is 3.30. The normalized spacial score (nSPS) is 29.2. The molecule has 0 bridgehead atoms. The van der Waals surface area contributed by atoms with Gasteiger partial charge in [0.25, 0.3) is 0 Å². The maximum Gasteiger partial charge on any atom is 0.0698 e. The second kappa shape index (κ2) is 6.33. The molecule has 1 aliphatic heterocycles. The molecule has 0 aromatic rings. The van der Waals surface area contributed by atoms with E-state index in [0.717, 1.165) is 26.2 Å². The number of methoxy groups -OCH3 is 1. The minimum atomic E-state index is -0.0790. The molecule has 1 heterocycles. The SMILES string of the molecule is CCNC(CO)(CN1CCCC(OC)C1)C1CC1. The van der Waals surface area contributed by atoms with Crippen LogP contribution in [0.25, 0.3) is 0 Å². The van der Waals surface area contributed by atoms with Crippen molar-refractivity contribution in [2.45, 2.75) is 44.2 Å². The predicted molar refractivity (Wildman–Crippen MR) is 72.7 cm³/mol. The third kappa shape index (κ3) is 3.23. The average Bonchev–Trinajstić information content (AvgIpc) is 3.23. The molecular formula is C14H28N2O2. The van der Waals surface area contributed by atoms with Crippen molar-refractivity contribution in [3.63, 3.8) is 0 Å². The zero-order chi connectivity index (χ0) is 13.0. The lowest BCUT2D eigenvalue weighted by atomic mass is 9.92. The van der Waals surface area contributed by atoms with Crippen molar-refractivity contribution in [3.05, 3.63) is 0 Å². The van der Waals surface area contributed by atoms with Crippen LogP contribution in [0.4, 0.5) is 0 Å². The van der Waals surface area contributed by atoms with E-state index in [1.54, 1.807) is 7.11 Å². The second-order valence-electron chi connectivity index (χ2n) is 5.85. The summed E-state index contributed by atoms with van der Waals surface area (Å²) in [5, 5.41) is 13.4. The topological polar surface area (TPSA) is 44.7 Å². The maximum absolute atomic E-state index is 9.85. The third-order valence-electron chi connectivity index (χ3n) is 4.47. The van der Waals surface area contributed by atoms with Crippen LogP contribution < -0.4 is 5.32 Å². The first-order valence-electron chi connectivity index (χ1n) is 7.35. The van der Waals surface area contributed by atoms with Gasteiger partial charge in [-0.05, 0) is 44.7 Å². The zero-order valence-electron chi connectivity index (χ0n) is 11.8. The molecule has 0 aromatic heterocycles. The number of rotatable bonds is 7.